The summed E-state index contributed by atoms with van der Waals surface area (Å²) < 4.78 is 13.1. The summed E-state index contributed by atoms with van der Waals surface area (Å²) in [6, 6.07) is 14.7. The monoisotopic (exact) mass is 487 g/mol. The van der Waals surface area contributed by atoms with Gasteiger partial charge in [0.05, 0.1) is 29.5 Å². The van der Waals surface area contributed by atoms with Gasteiger partial charge in [0.25, 0.3) is 5.56 Å². The van der Waals surface area contributed by atoms with Gasteiger partial charge < -0.3 is 14.5 Å². The van der Waals surface area contributed by atoms with Crippen LogP contribution >= 0.6 is 11.3 Å². The van der Waals surface area contributed by atoms with Gasteiger partial charge in [0, 0.05) is 27.7 Å². The van der Waals surface area contributed by atoms with E-state index in [-0.39, 0.29) is 12.2 Å². The lowest BCUT2D eigenvalue weighted by Crippen LogP contribution is -2.40. The molecular formula is C27H25N3O4S. The van der Waals surface area contributed by atoms with Crippen molar-refractivity contribution >= 4 is 34.3 Å². The molecule has 1 atom stereocenters. The molecule has 2 aromatic carbocycles. The maximum absolute atomic E-state index is 13.9. The van der Waals surface area contributed by atoms with Gasteiger partial charge in [-0.2, -0.15) is 0 Å². The molecule has 0 spiro atoms. The molecule has 0 amide bonds. The minimum Gasteiger partial charge on any atom is -0.496 e. The van der Waals surface area contributed by atoms with Gasteiger partial charge in [-0.3, -0.25) is 9.36 Å². The highest BCUT2D eigenvalue weighted by molar-refractivity contribution is 7.07. The van der Waals surface area contributed by atoms with E-state index in [1.807, 2.05) is 61.5 Å². The highest BCUT2D eigenvalue weighted by atomic mass is 32.1. The Balaban J connectivity index is 1.79. The molecule has 1 aliphatic rings. The molecule has 1 N–H and O–H groups in total. The highest BCUT2D eigenvalue weighted by Crippen LogP contribution is 2.35. The third kappa shape index (κ3) is 3.80. The van der Waals surface area contributed by atoms with Crippen LogP contribution in [0.5, 0.6) is 5.75 Å². The van der Waals surface area contributed by atoms with Gasteiger partial charge in [-0.05, 0) is 39.0 Å². The van der Waals surface area contributed by atoms with E-state index >= 15 is 0 Å². The van der Waals surface area contributed by atoms with Gasteiger partial charge in [-0.15, -0.1) is 0 Å². The van der Waals surface area contributed by atoms with Crippen LogP contribution in [0.2, 0.25) is 0 Å². The van der Waals surface area contributed by atoms with Gasteiger partial charge in [-0.1, -0.05) is 47.7 Å². The first-order valence-corrected chi connectivity index (χ1v) is 12.2. The minimum absolute atomic E-state index is 0.219. The third-order valence-electron chi connectivity index (χ3n) is 6.17. The Morgan fingerprint density at radius 3 is 2.69 bits per heavy atom. The molecule has 1 unspecified atom stereocenters. The number of allylic oxidation sites excluding steroid dienone is 1. The van der Waals surface area contributed by atoms with Crippen LogP contribution in [-0.2, 0) is 9.53 Å². The summed E-state index contributed by atoms with van der Waals surface area (Å²) in [5.41, 5.74) is 4.28. The lowest BCUT2D eigenvalue weighted by molar-refractivity contribution is -0.139. The van der Waals surface area contributed by atoms with Crippen molar-refractivity contribution in [3.63, 3.8) is 0 Å². The van der Waals surface area contributed by atoms with Crippen LogP contribution in [0.3, 0.4) is 0 Å². The van der Waals surface area contributed by atoms with Crippen LogP contribution in [0.1, 0.15) is 36.7 Å². The quantitative estimate of drug-likeness (QED) is 0.436. The number of benzene rings is 2. The summed E-state index contributed by atoms with van der Waals surface area (Å²) in [7, 11) is 1.57. The van der Waals surface area contributed by atoms with Crippen molar-refractivity contribution in [1.29, 1.82) is 0 Å². The number of nitrogens with one attached hydrogen (secondary N) is 1. The summed E-state index contributed by atoms with van der Waals surface area (Å²) in [4.78, 5) is 35.5. The van der Waals surface area contributed by atoms with Crippen LogP contribution in [0.25, 0.3) is 17.0 Å². The summed E-state index contributed by atoms with van der Waals surface area (Å²) >= 11 is 1.31. The molecule has 0 fully saturated rings. The minimum atomic E-state index is -0.715. The number of carbonyl (C=O) groups excluding carboxylic acids is 1. The highest BCUT2D eigenvalue weighted by Gasteiger charge is 2.35. The lowest BCUT2D eigenvalue weighted by atomic mass is 9.95. The topological polar surface area (TPSA) is 85.7 Å². The van der Waals surface area contributed by atoms with Gasteiger partial charge in [-0.25, -0.2) is 9.79 Å². The number of ether oxygens (including phenoxy) is 2. The molecule has 4 aromatic rings. The number of aromatic nitrogens is 2. The number of aromatic amines is 1. The zero-order chi connectivity index (χ0) is 24.7. The number of esters is 1. The van der Waals surface area contributed by atoms with Crippen molar-refractivity contribution in [2.24, 2.45) is 4.99 Å². The largest absolute Gasteiger partial charge is 0.496 e. The zero-order valence-corrected chi connectivity index (χ0v) is 20.7. The normalized spacial score (nSPS) is 15.8. The van der Waals surface area contributed by atoms with Gasteiger partial charge >= 0.3 is 5.97 Å². The van der Waals surface area contributed by atoms with Gasteiger partial charge in [0.2, 0.25) is 0 Å². The number of thiazole rings is 1. The Morgan fingerprint density at radius 2 is 1.91 bits per heavy atom. The van der Waals surface area contributed by atoms with Gasteiger partial charge in [0.15, 0.2) is 4.80 Å². The maximum atomic E-state index is 13.9. The fourth-order valence-corrected chi connectivity index (χ4v) is 5.62. The standard InChI is InChI=1S/C27H25N3O4S/c1-5-34-26(32)23-16(3)29-27-30(24(23)18-11-7-9-13-21(18)33-4)25(31)22(35-27)14-19-15(2)28-20-12-8-6-10-17(19)20/h6-14,24,28H,5H2,1-4H3. The number of rotatable bonds is 5. The van der Waals surface area contributed by atoms with E-state index < -0.39 is 12.0 Å². The molecule has 8 heteroatoms. The van der Waals surface area contributed by atoms with Gasteiger partial charge in [0.1, 0.15) is 11.8 Å². The summed E-state index contributed by atoms with van der Waals surface area (Å²) in [6.45, 7) is 5.74. The second-order valence-electron chi connectivity index (χ2n) is 8.25. The number of hydrogen-bond acceptors (Lipinski definition) is 6. The van der Waals surface area contributed by atoms with E-state index in [0.717, 1.165) is 22.2 Å². The molecule has 0 bridgehead atoms. The number of para-hydroxylation sites is 2. The van der Waals surface area contributed by atoms with Crippen molar-refractivity contribution in [2.75, 3.05) is 13.7 Å². The van der Waals surface area contributed by atoms with Crippen molar-refractivity contribution in [3.8, 4) is 5.75 Å². The van der Waals surface area contributed by atoms with Crippen LogP contribution in [0.15, 0.2) is 69.6 Å². The first-order chi connectivity index (χ1) is 16.9. The number of hydrogen-bond donors (Lipinski definition) is 1. The molecule has 3 heterocycles. The van der Waals surface area contributed by atoms with Crippen LogP contribution in [-0.4, -0.2) is 29.2 Å². The predicted molar refractivity (Wildman–Crippen MR) is 136 cm³/mol. The van der Waals surface area contributed by atoms with E-state index in [1.54, 1.807) is 25.5 Å². The van der Waals surface area contributed by atoms with E-state index in [2.05, 4.69) is 9.98 Å². The second kappa shape index (κ2) is 9.03. The van der Waals surface area contributed by atoms with Crippen molar-refractivity contribution < 1.29 is 14.3 Å². The summed E-state index contributed by atoms with van der Waals surface area (Å²) in [5, 5.41) is 1.04. The molecule has 35 heavy (non-hydrogen) atoms. The average Bonchev–Trinajstić information content (AvgIpc) is 3.34. The maximum Gasteiger partial charge on any atom is 0.338 e. The number of carbonyl (C=O) groups is 1. The number of H-pyrrole nitrogens is 1. The SMILES string of the molecule is CCOC(=O)C1=C(C)N=c2sc(=Cc3c(C)[nH]c4ccccc34)c(=O)n2C1c1ccccc1OC. The number of nitrogens with zero attached hydrogens (tertiary/aromatic N) is 2. The lowest BCUT2D eigenvalue weighted by Gasteiger charge is -2.25. The fourth-order valence-electron chi connectivity index (χ4n) is 4.59. The average molecular weight is 488 g/mol. The molecule has 0 saturated heterocycles. The predicted octanol–water partition coefficient (Wildman–Crippen LogP) is 3.60. The van der Waals surface area contributed by atoms with Crippen molar-refractivity contribution in [1.82, 2.24) is 9.55 Å². The Labute approximate surface area is 205 Å². The molecule has 0 saturated carbocycles. The molecule has 0 radical (unpaired) electrons. The number of aryl methyl sites for hydroxylation is 1. The van der Waals surface area contributed by atoms with Crippen LogP contribution in [0.4, 0.5) is 0 Å². The van der Waals surface area contributed by atoms with Crippen molar-refractivity contribution in [3.05, 3.63) is 96.3 Å². The Morgan fingerprint density at radius 1 is 1.17 bits per heavy atom. The smallest absolute Gasteiger partial charge is 0.338 e. The first-order valence-electron chi connectivity index (χ1n) is 11.3. The van der Waals surface area contributed by atoms with Crippen LogP contribution in [0, 0.1) is 6.92 Å². The Kier molecular flexibility index (Phi) is 5.90. The van der Waals surface area contributed by atoms with E-state index in [1.165, 1.54) is 11.3 Å². The molecule has 7 nitrogen and oxygen atoms in total. The Bertz CT molecular complexity index is 1670. The van der Waals surface area contributed by atoms with E-state index in [4.69, 9.17) is 9.47 Å². The summed E-state index contributed by atoms with van der Waals surface area (Å²) in [5.74, 6) is 0.0856. The zero-order valence-electron chi connectivity index (χ0n) is 19.9. The molecule has 2 aromatic heterocycles. The van der Waals surface area contributed by atoms with Crippen LogP contribution < -0.4 is 19.6 Å². The third-order valence-corrected chi connectivity index (χ3v) is 7.15. The van der Waals surface area contributed by atoms with Crippen molar-refractivity contribution in [2.45, 2.75) is 26.8 Å². The molecule has 1 aliphatic heterocycles. The number of methoxy groups -OCH3 is 1. The van der Waals surface area contributed by atoms with E-state index in [9.17, 15) is 9.59 Å². The summed E-state index contributed by atoms with van der Waals surface area (Å²) in [6.07, 6.45) is 1.90. The first kappa shape index (κ1) is 22.9. The second-order valence-corrected chi connectivity index (χ2v) is 9.26. The van der Waals surface area contributed by atoms with E-state index in [0.29, 0.717) is 31.9 Å². The molecule has 5 rings (SSSR count). The Hall–Kier alpha value is -3.91. The number of fused-ring (bicyclic) bond motifs is 2. The molecule has 178 valence electrons. The fraction of sp³-hybridized carbons (Fsp3) is 0.222. The molecule has 0 aliphatic carbocycles. The molecular weight excluding hydrogens is 462 g/mol.